The van der Waals surface area contributed by atoms with Gasteiger partial charge in [-0.2, -0.15) is 0 Å². The summed E-state index contributed by atoms with van der Waals surface area (Å²) in [5.41, 5.74) is 0.748. The summed E-state index contributed by atoms with van der Waals surface area (Å²) in [6.45, 7) is 13.4. The van der Waals surface area contributed by atoms with Crippen LogP contribution < -0.4 is 21.3 Å². The molecule has 0 aliphatic heterocycles. The smallest absolute Gasteiger partial charge is 0.407 e. The number of amides is 4. The van der Waals surface area contributed by atoms with Crippen molar-refractivity contribution in [2.75, 3.05) is 140 Å². The van der Waals surface area contributed by atoms with Crippen molar-refractivity contribution >= 4 is 69.6 Å². The molecular formula is C37H62N4O14S2. The van der Waals surface area contributed by atoms with Gasteiger partial charge in [0.1, 0.15) is 19.8 Å². The Balaban J connectivity index is 0.0000154. The average molecular weight is 851 g/mol. The van der Waals surface area contributed by atoms with E-state index in [4.69, 9.17) is 37.9 Å². The SMILES string of the molecule is CC.CCOCCOC(=O)NCCNC(=O)c1cc(NC(=O)CSCCOCCOCCOCC(C)=O)cc(NC(=O)SCCOCCOCCOCC(C)=O)c1. The molecule has 4 amide bonds. The van der Waals surface area contributed by atoms with Gasteiger partial charge in [-0.3, -0.25) is 24.0 Å². The molecule has 0 fully saturated rings. The molecule has 0 aliphatic rings. The zero-order chi connectivity index (χ0) is 42.4. The quantitative estimate of drug-likeness (QED) is 0.0730. The van der Waals surface area contributed by atoms with Crippen molar-refractivity contribution < 1.29 is 66.7 Å². The maximum atomic E-state index is 13.0. The molecule has 0 saturated carbocycles. The van der Waals surface area contributed by atoms with Crippen molar-refractivity contribution in [2.24, 2.45) is 0 Å². The van der Waals surface area contributed by atoms with Crippen LogP contribution in [0.4, 0.5) is 21.0 Å². The molecule has 0 radical (unpaired) electrons. The van der Waals surface area contributed by atoms with Crippen molar-refractivity contribution in [1.29, 1.82) is 0 Å². The van der Waals surface area contributed by atoms with Crippen molar-refractivity contribution in [3.63, 3.8) is 0 Å². The summed E-state index contributed by atoms with van der Waals surface area (Å²) in [5.74, 6) is 0.106. The topological polar surface area (TPSA) is 224 Å². The van der Waals surface area contributed by atoms with E-state index in [1.807, 2.05) is 20.8 Å². The summed E-state index contributed by atoms with van der Waals surface area (Å²) in [7, 11) is 0. The van der Waals surface area contributed by atoms with Gasteiger partial charge in [-0.25, -0.2) is 4.79 Å². The second kappa shape index (κ2) is 38.2. The third kappa shape index (κ3) is 34.4. The van der Waals surface area contributed by atoms with Crippen LogP contribution in [0.3, 0.4) is 0 Å². The molecule has 1 aromatic rings. The van der Waals surface area contributed by atoms with E-state index in [1.54, 1.807) is 6.07 Å². The highest BCUT2D eigenvalue weighted by atomic mass is 32.2. The number of benzene rings is 1. The molecule has 18 nitrogen and oxygen atoms in total. The number of Topliss-reactive ketones (excluding diaryl/α,β-unsaturated/α-hetero) is 2. The predicted octanol–water partition coefficient (Wildman–Crippen LogP) is 3.42. The highest BCUT2D eigenvalue weighted by Gasteiger charge is 2.13. The van der Waals surface area contributed by atoms with Crippen LogP contribution in [0, 0.1) is 0 Å². The number of carbonyl (C=O) groups is 6. The first-order valence-electron chi connectivity index (χ1n) is 18.8. The number of alkyl carbamates (subject to hydrolysis) is 1. The maximum Gasteiger partial charge on any atom is 0.407 e. The van der Waals surface area contributed by atoms with Crippen molar-refractivity contribution in [2.45, 2.75) is 34.6 Å². The lowest BCUT2D eigenvalue weighted by Gasteiger charge is -2.13. The first-order valence-corrected chi connectivity index (χ1v) is 20.9. The molecule has 0 aromatic heterocycles. The number of ketones is 2. The Labute approximate surface area is 344 Å². The number of thioether (sulfide) groups is 2. The van der Waals surface area contributed by atoms with Crippen LogP contribution in [0.15, 0.2) is 18.2 Å². The summed E-state index contributed by atoms with van der Waals surface area (Å²) < 4.78 is 42.0. The van der Waals surface area contributed by atoms with E-state index in [9.17, 15) is 28.8 Å². The Kier molecular flexibility index (Phi) is 36.0. The summed E-state index contributed by atoms with van der Waals surface area (Å²) in [5, 5.41) is 10.3. The number of carbonyl (C=O) groups excluding carboxylic acids is 6. The zero-order valence-corrected chi connectivity index (χ0v) is 35.5. The Bertz CT molecular complexity index is 1280. The minimum Gasteiger partial charge on any atom is -0.447 e. The molecule has 326 valence electrons. The highest BCUT2D eigenvalue weighted by molar-refractivity contribution is 8.13. The number of anilines is 2. The van der Waals surface area contributed by atoms with Crippen LogP contribution in [0.5, 0.6) is 0 Å². The molecule has 1 rings (SSSR count). The second-order valence-electron chi connectivity index (χ2n) is 11.1. The molecule has 0 heterocycles. The molecule has 4 N–H and O–H groups in total. The van der Waals surface area contributed by atoms with Crippen molar-refractivity contribution in [3.8, 4) is 0 Å². The summed E-state index contributed by atoms with van der Waals surface area (Å²) in [6.07, 6.45) is -0.643. The normalized spacial score (nSPS) is 10.5. The number of nitrogens with one attached hydrogen (secondary N) is 4. The van der Waals surface area contributed by atoms with E-state index in [-0.39, 0.29) is 80.6 Å². The largest absolute Gasteiger partial charge is 0.447 e. The third-order valence-corrected chi connectivity index (χ3v) is 7.89. The van der Waals surface area contributed by atoms with Crippen LogP contribution in [0.25, 0.3) is 0 Å². The highest BCUT2D eigenvalue weighted by Crippen LogP contribution is 2.21. The lowest BCUT2D eigenvalue weighted by atomic mass is 10.1. The summed E-state index contributed by atoms with van der Waals surface area (Å²) in [4.78, 5) is 71.9. The fourth-order valence-electron chi connectivity index (χ4n) is 3.87. The maximum absolute atomic E-state index is 13.0. The fraction of sp³-hybridized carbons (Fsp3) is 0.676. The fourth-order valence-corrected chi connectivity index (χ4v) is 5.09. The number of hydrogen-bond acceptors (Lipinski definition) is 16. The van der Waals surface area contributed by atoms with Gasteiger partial charge in [0.25, 0.3) is 11.1 Å². The standard InChI is InChI=1S/C35H56N4O14S2.C2H6/c1-4-46-15-16-53-34(44)37-6-5-36-33(43)29-21-30(38-32(42)26-54-19-17-49-9-7-47-11-13-51-24-27(2)40)23-31(22-29)39-35(45)55-20-18-50-10-8-48-12-14-52-25-28(3)41;1-2/h21-23H,4-20,24-26H2,1-3H3,(H,36,43)(H,37,44)(H,38,42)(H,39,45);1-2H3. The number of hydrogen-bond donors (Lipinski definition) is 4. The Hall–Kier alpha value is -3.34. The molecule has 1 aromatic carbocycles. The Morgan fingerprint density at radius 2 is 1.07 bits per heavy atom. The molecule has 0 spiro atoms. The van der Waals surface area contributed by atoms with Gasteiger partial charge in [0.2, 0.25) is 5.91 Å². The van der Waals surface area contributed by atoms with Crippen LogP contribution >= 0.6 is 23.5 Å². The predicted molar refractivity (Wildman–Crippen MR) is 220 cm³/mol. The molecule has 0 atom stereocenters. The molecular weight excluding hydrogens is 789 g/mol. The van der Waals surface area contributed by atoms with E-state index >= 15 is 0 Å². The van der Waals surface area contributed by atoms with Gasteiger partial charge >= 0.3 is 6.09 Å². The lowest BCUT2D eigenvalue weighted by Crippen LogP contribution is -2.35. The van der Waals surface area contributed by atoms with E-state index in [0.29, 0.717) is 83.3 Å². The molecule has 20 heteroatoms. The number of ether oxygens (including phenoxy) is 8. The lowest BCUT2D eigenvalue weighted by molar-refractivity contribution is -0.122. The first-order chi connectivity index (χ1) is 27.6. The average Bonchev–Trinajstić information content (AvgIpc) is 3.18. The van der Waals surface area contributed by atoms with Gasteiger partial charge in [-0.15, -0.1) is 11.8 Å². The molecule has 0 unspecified atom stereocenters. The van der Waals surface area contributed by atoms with E-state index in [2.05, 4.69) is 21.3 Å². The first kappa shape index (κ1) is 53.7. The second-order valence-corrected chi connectivity index (χ2v) is 13.3. The van der Waals surface area contributed by atoms with E-state index < -0.39 is 17.2 Å². The van der Waals surface area contributed by atoms with Crippen molar-refractivity contribution in [1.82, 2.24) is 10.6 Å². The van der Waals surface area contributed by atoms with Gasteiger partial charge in [0, 0.05) is 48.1 Å². The van der Waals surface area contributed by atoms with E-state index in [0.717, 1.165) is 11.8 Å². The monoisotopic (exact) mass is 850 g/mol. The van der Waals surface area contributed by atoms with Gasteiger partial charge in [-0.1, -0.05) is 25.6 Å². The van der Waals surface area contributed by atoms with Crippen molar-refractivity contribution in [3.05, 3.63) is 23.8 Å². The third-order valence-electron chi connectivity index (χ3n) is 6.23. The molecule has 0 saturated heterocycles. The molecule has 0 aliphatic carbocycles. The van der Waals surface area contributed by atoms with Crippen LogP contribution in [-0.4, -0.2) is 164 Å². The van der Waals surface area contributed by atoms with Crippen LogP contribution in [-0.2, 0) is 52.3 Å². The number of rotatable bonds is 34. The molecule has 0 bridgehead atoms. The minimum atomic E-state index is -0.643. The Morgan fingerprint density at radius 3 is 1.63 bits per heavy atom. The van der Waals surface area contributed by atoms with Gasteiger partial charge in [-0.05, 0) is 39.0 Å². The van der Waals surface area contributed by atoms with E-state index in [1.165, 1.54) is 37.7 Å². The minimum absolute atomic E-state index is 0.0460. The van der Waals surface area contributed by atoms with Crippen LogP contribution in [0.1, 0.15) is 45.0 Å². The van der Waals surface area contributed by atoms with Gasteiger partial charge < -0.3 is 59.2 Å². The summed E-state index contributed by atoms with van der Waals surface area (Å²) >= 11 is 2.34. The van der Waals surface area contributed by atoms with Gasteiger partial charge in [0.15, 0.2) is 11.6 Å². The molecule has 57 heavy (non-hydrogen) atoms. The van der Waals surface area contributed by atoms with Crippen LogP contribution in [0.2, 0.25) is 0 Å². The Morgan fingerprint density at radius 1 is 0.579 bits per heavy atom. The summed E-state index contributed by atoms with van der Waals surface area (Å²) in [6, 6.07) is 4.50. The van der Waals surface area contributed by atoms with Gasteiger partial charge in [0.05, 0.1) is 78.4 Å². The zero-order valence-electron chi connectivity index (χ0n) is 33.9.